The molecular weight excluding hydrogens is 626 g/mol. The number of aliphatic hydroxyl groups is 1. The second-order valence-electron chi connectivity index (χ2n) is 13.5. The molecule has 7 atom stereocenters. The Morgan fingerprint density at radius 3 is 2.47 bits per heavy atom. The first-order valence-electron chi connectivity index (χ1n) is 17.0. The molecule has 2 amide bonds. The Morgan fingerprint density at radius 1 is 0.980 bits per heavy atom. The molecule has 2 saturated heterocycles. The number of fused-ring (bicyclic) bond motifs is 2. The second-order valence-corrected chi connectivity index (χ2v) is 13.5. The first-order chi connectivity index (χ1) is 23.8. The zero-order chi connectivity index (χ0) is 33.9. The molecular formula is C37H43N5O7. The van der Waals surface area contributed by atoms with Gasteiger partial charge in [0.25, 0.3) is 11.9 Å². The number of aliphatic hydroxyl groups excluding tert-OH is 1. The van der Waals surface area contributed by atoms with Gasteiger partial charge in [-0.25, -0.2) is 9.80 Å². The van der Waals surface area contributed by atoms with E-state index in [9.17, 15) is 14.7 Å². The Morgan fingerprint density at radius 2 is 1.71 bits per heavy atom. The van der Waals surface area contributed by atoms with Crippen LogP contribution in [-0.2, 0) is 27.2 Å². The fraction of sp³-hybridized carbons (Fsp3) is 0.432. The van der Waals surface area contributed by atoms with Crippen LogP contribution in [0.15, 0.2) is 83.3 Å². The summed E-state index contributed by atoms with van der Waals surface area (Å²) in [6, 6.07) is 24.2. The van der Waals surface area contributed by atoms with Crippen molar-refractivity contribution in [2.45, 2.75) is 63.8 Å². The molecule has 1 aromatic heterocycles. The monoisotopic (exact) mass is 669 g/mol. The summed E-state index contributed by atoms with van der Waals surface area (Å²) in [6.07, 6.45) is -0.923. The maximum absolute atomic E-state index is 13.6. The van der Waals surface area contributed by atoms with Gasteiger partial charge >= 0.3 is 6.09 Å². The summed E-state index contributed by atoms with van der Waals surface area (Å²) in [5, 5.41) is 19.5. The highest BCUT2D eigenvalue weighted by Gasteiger charge is 2.56. The quantitative estimate of drug-likeness (QED) is 0.150. The van der Waals surface area contributed by atoms with Crippen molar-refractivity contribution in [3.63, 3.8) is 0 Å². The average Bonchev–Trinajstić information content (AvgIpc) is 3.76. The smallest absolute Gasteiger partial charge is 0.407 e. The lowest BCUT2D eigenvalue weighted by atomic mass is 9.98. The molecule has 1 aliphatic carbocycles. The molecule has 0 spiro atoms. The van der Waals surface area contributed by atoms with Crippen molar-refractivity contribution >= 4 is 29.1 Å². The number of nitrogens with zero attached hydrogens (tertiary/aromatic N) is 2. The minimum absolute atomic E-state index is 0.0194. The number of carbonyl (C=O) groups is 2. The molecule has 3 fully saturated rings. The van der Waals surface area contributed by atoms with Gasteiger partial charge in [0.2, 0.25) is 0 Å². The van der Waals surface area contributed by atoms with Crippen molar-refractivity contribution in [2.24, 2.45) is 17.8 Å². The highest BCUT2D eigenvalue weighted by atomic mass is 16.7. The Balaban J connectivity index is 1.07. The Hall–Kier alpha value is -4.49. The summed E-state index contributed by atoms with van der Waals surface area (Å²) in [5.41, 5.74) is 6.33. The molecule has 258 valence electrons. The number of rotatable bonds is 13. The minimum atomic E-state index is -1.08. The predicted octanol–water partition coefficient (Wildman–Crippen LogP) is 4.50. The lowest BCUT2D eigenvalue weighted by Crippen LogP contribution is -2.53. The Labute approximate surface area is 285 Å². The van der Waals surface area contributed by atoms with Gasteiger partial charge in [0.15, 0.2) is 11.9 Å². The minimum Gasteiger partial charge on any atom is -0.445 e. The predicted molar refractivity (Wildman–Crippen MR) is 181 cm³/mol. The van der Waals surface area contributed by atoms with Crippen LogP contribution < -0.4 is 16.1 Å². The number of carbonyl (C=O) groups excluding carboxylic acids is 2. The number of alkyl carbamates (subject to hydrolysis) is 1. The fourth-order valence-corrected chi connectivity index (χ4v) is 7.20. The summed E-state index contributed by atoms with van der Waals surface area (Å²) in [5.74, 6) is 0.0927. The van der Waals surface area contributed by atoms with E-state index in [0.29, 0.717) is 48.9 Å². The van der Waals surface area contributed by atoms with Gasteiger partial charge in [0, 0.05) is 42.4 Å². The van der Waals surface area contributed by atoms with Crippen LogP contribution in [0.25, 0.3) is 11.1 Å². The van der Waals surface area contributed by atoms with Gasteiger partial charge in [-0.3, -0.25) is 10.2 Å². The zero-order valence-electron chi connectivity index (χ0n) is 27.7. The highest BCUT2D eigenvalue weighted by molar-refractivity contribution is 5.96. The van der Waals surface area contributed by atoms with Crippen molar-refractivity contribution < 1.29 is 33.3 Å². The number of ether oxygens (including phenoxy) is 3. The Kier molecular flexibility index (Phi) is 9.81. The zero-order valence-corrected chi connectivity index (χ0v) is 27.7. The third-order valence-corrected chi connectivity index (χ3v) is 9.54. The van der Waals surface area contributed by atoms with E-state index in [2.05, 4.69) is 21.0 Å². The lowest BCUT2D eigenvalue weighted by molar-refractivity contribution is -0.169. The molecule has 2 aliphatic heterocycles. The van der Waals surface area contributed by atoms with E-state index in [0.717, 1.165) is 17.5 Å². The third kappa shape index (κ3) is 7.73. The van der Waals surface area contributed by atoms with E-state index >= 15 is 0 Å². The van der Waals surface area contributed by atoms with E-state index in [1.807, 2.05) is 74.5 Å². The molecule has 3 aromatic carbocycles. The topological polar surface area (TPSA) is 147 Å². The molecule has 3 aliphatic rings. The molecule has 12 nitrogen and oxygen atoms in total. The number of nitrogens with one attached hydrogen (secondary N) is 3. The van der Waals surface area contributed by atoms with Gasteiger partial charge in [-0.2, -0.15) is 4.98 Å². The number of amides is 2. The van der Waals surface area contributed by atoms with Crippen LogP contribution in [0.5, 0.6) is 0 Å². The normalized spacial score (nSPS) is 23.8. The molecule has 4 unspecified atom stereocenters. The van der Waals surface area contributed by atoms with Gasteiger partial charge in [0.1, 0.15) is 11.6 Å². The average molecular weight is 670 g/mol. The lowest BCUT2D eigenvalue weighted by Gasteiger charge is -2.31. The van der Waals surface area contributed by atoms with Gasteiger partial charge < -0.3 is 34.4 Å². The van der Waals surface area contributed by atoms with Gasteiger partial charge in [-0.05, 0) is 56.0 Å². The molecule has 1 saturated carbocycles. The summed E-state index contributed by atoms with van der Waals surface area (Å²) >= 11 is 0. The number of hydrazine groups is 1. The van der Waals surface area contributed by atoms with Crippen molar-refractivity contribution in [1.82, 2.24) is 20.7 Å². The molecule has 3 heterocycles. The number of aromatic nitrogens is 1. The van der Waals surface area contributed by atoms with E-state index < -0.39 is 18.2 Å². The second kappa shape index (κ2) is 14.6. The number of anilines is 1. The highest BCUT2D eigenvalue weighted by Crippen LogP contribution is 2.49. The maximum Gasteiger partial charge on any atom is 0.407 e. The molecule has 0 radical (unpaired) electrons. The summed E-state index contributed by atoms with van der Waals surface area (Å²) in [4.78, 5) is 31.5. The first kappa shape index (κ1) is 33.0. The van der Waals surface area contributed by atoms with E-state index in [-0.39, 0.29) is 48.6 Å². The van der Waals surface area contributed by atoms with Crippen molar-refractivity contribution in [3.05, 3.63) is 95.6 Å². The SMILES string of the molecule is CC(C)Nc1nc2ccc(C(=O)NN(Cc3ccccc3)C[C@H](O)[C@H](Cc3ccccc3)NC(=O)OC3C4COC5OC[C@H]3CC54)cc2o1. The van der Waals surface area contributed by atoms with Crippen LogP contribution in [0.4, 0.5) is 10.8 Å². The molecule has 4 aromatic rings. The van der Waals surface area contributed by atoms with Crippen LogP contribution in [0.1, 0.15) is 41.8 Å². The van der Waals surface area contributed by atoms with Gasteiger partial charge in [-0.15, -0.1) is 0 Å². The van der Waals surface area contributed by atoms with Crippen LogP contribution in [0, 0.1) is 17.8 Å². The summed E-state index contributed by atoms with van der Waals surface area (Å²) in [6.45, 7) is 5.31. The standard InChI is InChI=1S/C37H43N5O7/c1-22(2)38-36-39-29-14-13-25(17-32(29)48-36)34(44)41-42(18-24-11-7-4-8-12-24)19-31(43)30(15-23-9-5-3-6-10-23)40-37(45)49-33-26-16-27-28(33)21-47-35(27)46-20-26/h3-14,17,22,26-28,30-31,33,35,43H,15-16,18-21H2,1-2H3,(H,38,39)(H,40,45)(H,41,44)/t26-,27?,28?,30+,31+,33?,35?/m1/s1. The van der Waals surface area contributed by atoms with Crippen molar-refractivity contribution in [1.29, 1.82) is 0 Å². The van der Waals surface area contributed by atoms with Gasteiger partial charge in [0.05, 0.1) is 25.4 Å². The molecule has 12 heteroatoms. The van der Waals surface area contributed by atoms with Gasteiger partial charge in [-0.1, -0.05) is 60.7 Å². The first-order valence-corrected chi connectivity index (χ1v) is 17.0. The van der Waals surface area contributed by atoms with Crippen LogP contribution in [0.2, 0.25) is 0 Å². The number of benzene rings is 3. The summed E-state index contributed by atoms with van der Waals surface area (Å²) in [7, 11) is 0. The largest absolute Gasteiger partial charge is 0.445 e. The third-order valence-electron chi connectivity index (χ3n) is 9.54. The molecule has 2 bridgehead atoms. The van der Waals surface area contributed by atoms with Crippen LogP contribution >= 0.6 is 0 Å². The molecule has 49 heavy (non-hydrogen) atoms. The van der Waals surface area contributed by atoms with E-state index in [1.165, 1.54) is 0 Å². The number of oxazole rings is 1. The summed E-state index contributed by atoms with van der Waals surface area (Å²) < 4.78 is 23.5. The number of hydrogen-bond donors (Lipinski definition) is 4. The van der Waals surface area contributed by atoms with Crippen LogP contribution in [-0.4, -0.2) is 77.4 Å². The molecule has 7 rings (SSSR count). The molecule has 4 N–H and O–H groups in total. The van der Waals surface area contributed by atoms with Crippen molar-refractivity contribution in [2.75, 3.05) is 25.1 Å². The van der Waals surface area contributed by atoms with E-state index in [4.69, 9.17) is 18.6 Å². The fourth-order valence-electron chi connectivity index (χ4n) is 7.20. The maximum atomic E-state index is 13.6. The number of hydrogen-bond acceptors (Lipinski definition) is 10. The van der Waals surface area contributed by atoms with Crippen molar-refractivity contribution in [3.8, 4) is 0 Å². The Bertz CT molecular complexity index is 1740. The van der Waals surface area contributed by atoms with Crippen LogP contribution in [0.3, 0.4) is 0 Å². The van der Waals surface area contributed by atoms with E-state index in [1.54, 1.807) is 23.2 Å².